The number of rotatable bonds is 6. The van der Waals surface area contributed by atoms with Crippen molar-refractivity contribution in [3.8, 4) is 0 Å². The van der Waals surface area contributed by atoms with Crippen LogP contribution in [0.25, 0.3) is 0 Å². The Labute approximate surface area is 112 Å². The number of primary amides is 1. The number of carbonyl (C=O) groups is 2. The Morgan fingerprint density at radius 1 is 1.37 bits per heavy atom. The Morgan fingerprint density at radius 3 is 2.42 bits per heavy atom. The molecular formula is C14H20N2O3. The standard InChI is InChI=1S/C14H20N2O3/c1-8(2)12(7-13(17)18)16-10-4-5-11(14(15)19)9(3)6-10/h4-6,8,12,16H,7H2,1-3H3,(H2,15,19)(H,17,18). The molecule has 104 valence electrons. The summed E-state index contributed by atoms with van der Waals surface area (Å²) in [6.07, 6.45) is 0.0499. The molecule has 0 spiro atoms. The van der Waals surface area contributed by atoms with Crippen LogP contribution in [0.2, 0.25) is 0 Å². The van der Waals surface area contributed by atoms with Gasteiger partial charge in [0, 0.05) is 17.3 Å². The summed E-state index contributed by atoms with van der Waals surface area (Å²) in [5.41, 5.74) is 7.29. The SMILES string of the molecule is Cc1cc(NC(CC(=O)O)C(C)C)ccc1C(N)=O. The molecule has 0 aliphatic heterocycles. The first kappa shape index (κ1) is 15.0. The number of carbonyl (C=O) groups excluding carboxylic acids is 1. The van der Waals surface area contributed by atoms with Gasteiger partial charge in [-0.3, -0.25) is 9.59 Å². The van der Waals surface area contributed by atoms with Crippen molar-refractivity contribution in [2.45, 2.75) is 33.2 Å². The van der Waals surface area contributed by atoms with Gasteiger partial charge in [-0.25, -0.2) is 0 Å². The summed E-state index contributed by atoms with van der Waals surface area (Å²) in [5, 5.41) is 12.1. The van der Waals surface area contributed by atoms with Crippen LogP contribution in [0.5, 0.6) is 0 Å². The maximum Gasteiger partial charge on any atom is 0.305 e. The molecule has 1 rings (SSSR count). The lowest BCUT2D eigenvalue weighted by molar-refractivity contribution is -0.137. The first-order valence-electron chi connectivity index (χ1n) is 6.20. The molecule has 1 unspecified atom stereocenters. The number of hydrogen-bond donors (Lipinski definition) is 3. The molecule has 0 aliphatic carbocycles. The molecule has 0 saturated heterocycles. The number of nitrogens with two attached hydrogens (primary N) is 1. The minimum Gasteiger partial charge on any atom is -0.481 e. The maximum atomic E-state index is 11.1. The molecule has 0 aromatic heterocycles. The Bertz CT molecular complexity index is 484. The summed E-state index contributed by atoms with van der Waals surface area (Å²) in [6, 6.07) is 5.04. The zero-order valence-corrected chi connectivity index (χ0v) is 11.4. The second-order valence-corrected chi connectivity index (χ2v) is 4.99. The predicted molar refractivity (Wildman–Crippen MR) is 74.2 cm³/mol. The van der Waals surface area contributed by atoms with E-state index in [2.05, 4.69) is 5.32 Å². The fraction of sp³-hybridized carbons (Fsp3) is 0.429. The molecule has 1 aromatic rings. The lowest BCUT2D eigenvalue weighted by Crippen LogP contribution is -2.28. The van der Waals surface area contributed by atoms with Crippen LogP contribution >= 0.6 is 0 Å². The highest BCUT2D eigenvalue weighted by Crippen LogP contribution is 2.19. The van der Waals surface area contributed by atoms with Gasteiger partial charge in [0.2, 0.25) is 5.91 Å². The molecule has 5 nitrogen and oxygen atoms in total. The zero-order valence-electron chi connectivity index (χ0n) is 11.4. The van der Waals surface area contributed by atoms with Gasteiger partial charge in [-0.2, -0.15) is 0 Å². The van der Waals surface area contributed by atoms with Crippen molar-refractivity contribution < 1.29 is 14.7 Å². The van der Waals surface area contributed by atoms with E-state index >= 15 is 0 Å². The summed E-state index contributed by atoms with van der Waals surface area (Å²) in [4.78, 5) is 21.9. The first-order valence-corrected chi connectivity index (χ1v) is 6.20. The summed E-state index contributed by atoms with van der Waals surface area (Å²) in [7, 11) is 0. The minimum absolute atomic E-state index is 0.0499. The van der Waals surface area contributed by atoms with Crippen LogP contribution < -0.4 is 11.1 Å². The lowest BCUT2D eigenvalue weighted by Gasteiger charge is -2.22. The van der Waals surface area contributed by atoms with Gasteiger partial charge in [-0.05, 0) is 36.6 Å². The second kappa shape index (κ2) is 6.22. The van der Waals surface area contributed by atoms with Gasteiger partial charge in [-0.15, -0.1) is 0 Å². The fourth-order valence-electron chi connectivity index (χ4n) is 1.89. The van der Waals surface area contributed by atoms with Crippen molar-refractivity contribution >= 4 is 17.6 Å². The maximum absolute atomic E-state index is 11.1. The van der Waals surface area contributed by atoms with Gasteiger partial charge in [0.15, 0.2) is 0 Å². The van der Waals surface area contributed by atoms with E-state index in [-0.39, 0.29) is 18.4 Å². The third-order valence-electron chi connectivity index (χ3n) is 3.04. The minimum atomic E-state index is -0.836. The predicted octanol–water partition coefficient (Wildman–Crippen LogP) is 2.01. The zero-order chi connectivity index (χ0) is 14.6. The van der Waals surface area contributed by atoms with E-state index in [0.717, 1.165) is 11.3 Å². The van der Waals surface area contributed by atoms with Crippen LogP contribution in [-0.4, -0.2) is 23.0 Å². The van der Waals surface area contributed by atoms with Crippen LogP contribution in [0.15, 0.2) is 18.2 Å². The summed E-state index contributed by atoms with van der Waals surface area (Å²) < 4.78 is 0. The van der Waals surface area contributed by atoms with Gasteiger partial charge in [0.25, 0.3) is 0 Å². The van der Waals surface area contributed by atoms with E-state index in [1.807, 2.05) is 13.8 Å². The van der Waals surface area contributed by atoms with Crippen LogP contribution in [0, 0.1) is 12.8 Å². The summed E-state index contributed by atoms with van der Waals surface area (Å²) in [6.45, 7) is 5.73. The monoisotopic (exact) mass is 264 g/mol. The molecule has 0 radical (unpaired) electrons. The van der Waals surface area contributed by atoms with Crippen molar-refractivity contribution in [1.82, 2.24) is 0 Å². The lowest BCUT2D eigenvalue weighted by atomic mass is 10.00. The Kier molecular flexibility index (Phi) is 4.92. The number of hydrogen-bond acceptors (Lipinski definition) is 3. The largest absolute Gasteiger partial charge is 0.481 e. The van der Waals surface area contributed by atoms with Crippen molar-refractivity contribution in [3.05, 3.63) is 29.3 Å². The van der Waals surface area contributed by atoms with Crippen LogP contribution in [-0.2, 0) is 4.79 Å². The van der Waals surface area contributed by atoms with Gasteiger partial charge in [0.05, 0.1) is 6.42 Å². The van der Waals surface area contributed by atoms with Crippen molar-refractivity contribution in [1.29, 1.82) is 0 Å². The molecule has 0 saturated carbocycles. The number of aryl methyl sites for hydroxylation is 1. The number of amides is 1. The van der Waals surface area contributed by atoms with E-state index in [1.54, 1.807) is 25.1 Å². The number of carboxylic acids is 1. The molecule has 0 bridgehead atoms. The van der Waals surface area contributed by atoms with Crippen LogP contribution in [0.4, 0.5) is 5.69 Å². The van der Waals surface area contributed by atoms with Gasteiger partial charge < -0.3 is 16.2 Å². The van der Waals surface area contributed by atoms with Crippen molar-refractivity contribution in [3.63, 3.8) is 0 Å². The Morgan fingerprint density at radius 2 is 2.00 bits per heavy atom. The number of carboxylic acid groups (broad SMARTS) is 1. The van der Waals surface area contributed by atoms with Gasteiger partial charge in [0.1, 0.15) is 0 Å². The van der Waals surface area contributed by atoms with Gasteiger partial charge in [-0.1, -0.05) is 13.8 Å². The molecule has 0 heterocycles. The smallest absolute Gasteiger partial charge is 0.305 e. The van der Waals surface area contributed by atoms with E-state index < -0.39 is 11.9 Å². The van der Waals surface area contributed by atoms with Crippen LogP contribution in [0.3, 0.4) is 0 Å². The quantitative estimate of drug-likeness (QED) is 0.732. The number of aliphatic carboxylic acids is 1. The van der Waals surface area contributed by atoms with Crippen LogP contribution in [0.1, 0.15) is 36.2 Å². The summed E-state index contributed by atoms with van der Waals surface area (Å²) >= 11 is 0. The average Bonchev–Trinajstić information content (AvgIpc) is 2.26. The number of anilines is 1. The normalized spacial score (nSPS) is 12.2. The van der Waals surface area contributed by atoms with E-state index in [1.165, 1.54) is 0 Å². The highest BCUT2D eigenvalue weighted by molar-refractivity contribution is 5.94. The third-order valence-corrected chi connectivity index (χ3v) is 3.04. The number of benzene rings is 1. The van der Waals surface area contributed by atoms with E-state index in [9.17, 15) is 9.59 Å². The first-order chi connectivity index (χ1) is 8.81. The molecule has 1 aromatic carbocycles. The van der Waals surface area contributed by atoms with Gasteiger partial charge >= 0.3 is 5.97 Å². The molecule has 19 heavy (non-hydrogen) atoms. The second-order valence-electron chi connectivity index (χ2n) is 4.99. The highest BCUT2D eigenvalue weighted by Gasteiger charge is 2.17. The van der Waals surface area contributed by atoms with E-state index in [0.29, 0.717) is 5.56 Å². The molecule has 0 fully saturated rings. The average molecular weight is 264 g/mol. The van der Waals surface area contributed by atoms with E-state index in [4.69, 9.17) is 10.8 Å². The third kappa shape index (κ3) is 4.28. The highest BCUT2D eigenvalue weighted by atomic mass is 16.4. The number of nitrogens with one attached hydrogen (secondary N) is 1. The van der Waals surface area contributed by atoms with Crippen molar-refractivity contribution in [2.75, 3.05) is 5.32 Å². The molecule has 4 N–H and O–H groups in total. The molecule has 0 aliphatic rings. The molecule has 5 heteroatoms. The Balaban J connectivity index is 2.88. The topological polar surface area (TPSA) is 92.4 Å². The molecular weight excluding hydrogens is 244 g/mol. The van der Waals surface area contributed by atoms with Crippen molar-refractivity contribution in [2.24, 2.45) is 11.7 Å². The molecule has 1 amide bonds. The molecule has 1 atom stereocenters. The summed E-state index contributed by atoms with van der Waals surface area (Å²) in [5.74, 6) is -1.11. The Hall–Kier alpha value is -2.04. The fourth-order valence-corrected chi connectivity index (χ4v) is 1.89.